The predicted octanol–water partition coefficient (Wildman–Crippen LogP) is 4.95. The lowest BCUT2D eigenvalue weighted by molar-refractivity contribution is 0.397. The number of nitrogens with zero attached hydrogens (tertiary/aromatic N) is 2. The van der Waals surface area contributed by atoms with E-state index in [0.717, 1.165) is 30.6 Å². The topological polar surface area (TPSA) is 16.1 Å². The SMILES string of the molecule is C=C(C)/C(=C\N(CC)CCC)c1cc2ncccc2s1. The zero-order valence-electron chi connectivity index (χ0n) is 12.5. The van der Waals surface area contributed by atoms with Gasteiger partial charge in [-0.1, -0.05) is 13.5 Å². The molecule has 2 heterocycles. The summed E-state index contributed by atoms with van der Waals surface area (Å²) in [7, 11) is 0. The van der Waals surface area contributed by atoms with Gasteiger partial charge in [0.1, 0.15) is 0 Å². The first-order valence-corrected chi connectivity index (χ1v) is 7.94. The molecule has 0 radical (unpaired) electrons. The van der Waals surface area contributed by atoms with Crippen molar-refractivity contribution < 1.29 is 0 Å². The lowest BCUT2D eigenvalue weighted by Crippen LogP contribution is -2.18. The monoisotopic (exact) mass is 286 g/mol. The average Bonchev–Trinajstić information content (AvgIpc) is 2.86. The first-order valence-electron chi connectivity index (χ1n) is 7.12. The molecule has 0 fully saturated rings. The minimum absolute atomic E-state index is 1.02. The minimum Gasteiger partial charge on any atom is -0.377 e. The molecule has 0 aliphatic rings. The molecule has 2 aromatic rings. The van der Waals surface area contributed by atoms with Gasteiger partial charge in [-0.05, 0) is 44.0 Å². The standard InChI is InChI=1S/C17H22N2S/c1-5-10-19(6-2)12-14(13(3)4)17-11-15-16(20-17)8-7-9-18-15/h7-9,11-12H,3,5-6,10H2,1-2,4H3/b14-12+. The van der Waals surface area contributed by atoms with E-state index in [0.29, 0.717) is 0 Å². The van der Waals surface area contributed by atoms with Crippen LogP contribution in [-0.2, 0) is 0 Å². The van der Waals surface area contributed by atoms with Crippen LogP contribution in [0, 0.1) is 0 Å². The maximum Gasteiger partial charge on any atom is 0.0816 e. The van der Waals surface area contributed by atoms with Crippen molar-refractivity contribution in [2.75, 3.05) is 13.1 Å². The highest BCUT2D eigenvalue weighted by Crippen LogP contribution is 2.32. The Morgan fingerprint density at radius 1 is 1.45 bits per heavy atom. The van der Waals surface area contributed by atoms with Crippen LogP contribution in [0.4, 0.5) is 0 Å². The number of thiophene rings is 1. The van der Waals surface area contributed by atoms with Crippen LogP contribution in [0.15, 0.2) is 42.7 Å². The summed E-state index contributed by atoms with van der Waals surface area (Å²) in [6, 6.07) is 6.28. The highest BCUT2D eigenvalue weighted by Gasteiger charge is 2.09. The van der Waals surface area contributed by atoms with E-state index in [1.165, 1.54) is 15.2 Å². The predicted molar refractivity (Wildman–Crippen MR) is 89.9 cm³/mol. The molecule has 0 aromatic carbocycles. The van der Waals surface area contributed by atoms with Crippen LogP contribution >= 0.6 is 11.3 Å². The third-order valence-corrected chi connectivity index (χ3v) is 4.36. The molecule has 0 unspecified atom stereocenters. The number of fused-ring (bicyclic) bond motifs is 1. The Morgan fingerprint density at radius 3 is 2.85 bits per heavy atom. The van der Waals surface area contributed by atoms with Crippen molar-refractivity contribution >= 4 is 27.1 Å². The Bertz CT molecular complexity index is 592. The van der Waals surface area contributed by atoms with Crippen LogP contribution in [0.25, 0.3) is 15.8 Å². The maximum absolute atomic E-state index is 4.42. The molecular weight excluding hydrogens is 264 g/mol. The van der Waals surface area contributed by atoms with Gasteiger partial charge in [0.05, 0.1) is 10.2 Å². The quantitative estimate of drug-likeness (QED) is 0.699. The van der Waals surface area contributed by atoms with Crippen molar-refractivity contribution in [2.45, 2.75) is 27.2 Å². The van der Waals surface area contributed by atoms with Crippen LogP contribution in [0.5, 0.6) is 0 Å². The van der Waals surface area contributed by atoms with Gasteiger partial charge in [-0.2, -0.15) is 0 Å². The normalized spacial score (nSPS) is 11.8. The van der Waals surface area contributed by atoms with E-state index in [4.69, 9.17) is 0 Å². The molecule has 2 rings (SSSR count). The molecule has 0 atom stereocenters. The Morgan fingerprint density at radius 2 is 2.25 bits per heavy atom. The largest absolute Gasteiger partial charge is 0.377 e. The summed E-state index contributed by atoms with van der Waals surface area (Å²) in [6.45, 7) is 12.7. The van der Waals surface area contributed by atoms with Gasteiger partial charge in [-0.15, -0.1) is 11.3 Å². The van der Waals surface area contributed by atoms with Crippen molar-refractivity contribution in [1.29, 1.82) is 0 Å². The average molecular weight is 286 g/mol. The van der Waals surface area contributed by atoms with Gasteiger partial charge in [-0.3, -0.25) is 4.98 Å². The van der Waals surface area contributed by atoms with Crippen LogP contribution in [0.3, 0.4) is 0 Å². The lowest BCUT2D eigenvalue weighted by atomic mass is 10.1. The summed E-state index contributed by atoms with van der Waals surface area (Å²) in [4.78, 5) is 8.02. The number of pyridine rings is 1. The second-order valence-electron chi connectivity index (χ2n) is 4.95. The number of aromatic nitrogens is 1. The molecule has 106 valence electrons. The molecule has 2 nitrogen and oxygen atoms in total. The Hall–Kier alpha value is -1.61. The second-order valence-corrected chi connectivity index (χ2v) is 6.03. The van der Waals surface area contributed by atoms with Crippen molar-refractivity contribution in [1.82, 2.24) is 9.88 Å². The van der Waals surface area contributed by atoms with Gasteiger partial charge in [0.2, 0.25) is 0 Å². The van der Waals surface area contributed by atoms with Crippen molar-refractivity contribution in [3.63, 3.8) is 0 Å². The lowest BCUT2D eigenvalue weighted by Gasteiger charge is -2.19. The highest BCUT2D eigenvalue weighted by molar-refractivity contribution is 7.20. The fourth-order valence-corrected chi connectivity index (χ4v) is 3.28. The summed E-state index contributed by atoms with van der Waals surface area (Å²) in [5.41, 5.74) is 3.40. The Kier molecular flexibility index (Phi) is 4.96. The third-order valence-electron chi connectivity index (χ3n) is 3.24. The van der Waals surface area contributed by atoms with Gasteiger partial charge in [0.25, 0.3) is 0 Å². The van der Waals surface area contributed by atoms with Crippen LogP contribution in [0.2, 0.25) is 0 Å². The van der Waals surface area contributed by atoms with Crippen LogP contribution < -0.4 is 0 Å². The van der Waals surface area contributed by atoms with Crippen LogP contribution in [0.1, 0.15) is 32.1 Å². The maximum atomic E-state index is 4.42. The summed E-state index contributed by atoms with van der Waals surface area (Å²) in [5.74, 6) is 0. The molecule has 20 heavy (non-hydrogen) atoms. The van der Waals surface area contributed by atoms with E-state index in [9.17, 15) is 0 Å². The molecule has 0 spiro atoms. The second kappa shape index (κ2) is 6.71. The van der Waals surface area contributed by atoms with Crippen molar-refractivity contribution in [2.24, 2.45) is 0 Å². The molecule has 2 aromatic heterocycles. The van der Waals surface area contributed by atoms with E-state index in [1.54, 1.807) is 11.3 Å². The molecule has 3 heteroatoms. The fourth-order valence-electron chi connectivity index (χ4n) is 2.17. The zero-order valence-corrected chi connectivity index (χ0v) is 13.3. The molecule has 0 saturated heterocycles. The molecular formula is C17H22N2S. The molecule has 0 aliphatic heterocycles. The fraction of sp³-hybridized carbons (Fsp3) is 0.353. The third kappa shape index (κ3) is 3.28. The van der Waals surface area contributed by atoms with Crippen molar-refractivity contribution in [3.05, 3.63) is 47.6 Å². The van der Waals surface area contributed by atoms with E-state index in [1.807, 2.05) is 12.3 Å². The summed E-state index contributed by atoms with van der Waals surface area (Å²) in [6.07, 6.45) is 5.25. The molecule has 0 saturated carbocycles. The first kappa shape index (κ1) is 14.8. The number of rotatable bonds is 6. The first-order chi connectivity index (χ1) is 9.65. The zero-order chi connectivity index (χ0) is 14.5. The summed E-state index contributed by atoms with van der Waals surface area (Å²) in [5, 5.41) is 0. The Balaban J connectivity index is 2.42. The molecule has 0 bridgehead atoms. The van der Waals surface area contributed by atoms with Crippen LogP contribution in [-0.4, -0.2) is 23.0 Å². The summed E-state index contributed by atoms with van der Waals surface area (Å²) < 4.78 is 1.23. The number of hydrogen-bond acceptors (Lipinski definition) is 3. The van der Waals surface area contributed by atoms with Gasteiger partial charge in [-0.25, -0.2) is 0 Å². The number of allylic oxidation sites excluding steroid dienone is 2. The number of hydrogen-bond donors (Lipinski definition) is 0. The van der Waals surface area contributed by atoms with E-state index in [2.05, 4.69) is 55.6 Å². The van der Waals surface area contributed by atoms with Gasteiger partial charge >= 0.3 is 0 Å². The van der Waals surface area contributed by atoms with E-state index < -0.39 is 0 Å². The van der Waals surface area contributed by atoms with E-state index in [-0.39, 0.29) is 0 Å². The van der Waals surface area contributed by atoms with Crippen molar-refractivity contribution in [3.8, 4) is 0 Å². The molecule has 0 N–H and O–H groups in total. The summed E-state index contributed by atoms with van der Waals surface area (Å²) >= 11 is 1.79. The van der Waals surface area contributed by atoms with Gasteiger partial charge in [0.15, 0.2) is 0 Å². The Labute approximate surface area is 125 Å². The van der Waals surface area contributed by atoms with Gasteiger partial charge in [0, 0.05) is 35.9 Å². The molecule has 0 amide bonds. The minimum atomic E-state index is 1.02. The van der Waals surface area contributed by atoms with E-state index >= 15 is 0 Å². The highest BCUT2D eigenvalue weighted by atomic mass is 32.1. The smallest absolute Gasteiger partial charge is 0.0816 e. The van der Waals surface area contributed by atoms with Gasteiger partial charge < -0.3 is 4.90 Å². The molecule has 0 aliphatic carbocycles.